The molecule has 96 valence electrons. The van der Waals surface area contributed by atoms with Gasteiger partial charge >= 0.3 is 0 Å². The lowest BCUT2D eigenvalue weighted by Crippen LogP contribution is -2.29. The number of rotatable bonds is 7. The highest BCUT2D eigenvalue weighted by Crippen LogP contribution is 2.16. The molecule has 0 heterocycles. The number of aliphatic hydroxyl groups excluding tert-OH is 1. The quantitative estimate of drug-likeness (QED) is 0.785. The molecule has 0 saturated carbocycles. The minimum Gasteiger partial charge on any atom is -0.388 e. The van der Waals surface area contributed by atoms with E-state index in [-0.39, 0.29) is 6.10 Å². The van der Waals surface area contributed by atoms with Crippen molar-refractivity contribution in [3.05, 3.63) is 35.9 Å². The SMILES string of the molecule is CCN(CCC(O)c1ccccc1)CC(C)C. The van der Waals surface area contributed by atoms with Crippen molar-refractivity contribution < 1.29 is 5.11 Å². The summed E-state index contributed by atoms with van der Waals surface area (Å²) >= 11 is 0. The summed E-state index contributed by atoms with van der Waals surface area (Å²) < 4.78 is 0. The summed E-state index contributed by atoms with van der Waals surface area (Å²) in [5, 5.41) is 10.1. The highest BCUT2D eigenvalue weighted by atomic mass is 16.3. The van der Waals surface area contributed by atoms with Crippen molar-refractivity contribution in [2.24, 2.45) is 5.92 Å². The van der Waals surface area contributed by atoms with Gasteiger partial charge in [-0.2, -0.15) is 0 Å². The van der Waals surface area contributed by atoms with Gasteiger partial charge in [-0.05, 0) is 24.4 Å². The molecule has 1 N–H and O–H groups in total. The molecule has 1 aromatic rings. The number of aliphatic hydroxyl groups is 1. The van der Waals surface area contributed by atoms with E-state index in [1.165, 1.54) is 0 Å². The Bertz CT molecular complexity index is 297. The number of nitrogens with zero attached hydrogens (tertiary/aromatic N) is 1. The molecule has 1 aromatic carbocycles. The minimum absolute atomic E-state index is 0.336. The van der Waals surface area contributed by atoms with Crippen LogP contribution in [0.2, 0.25) is 0 Å². The molecule has 0 aliphatic heterocycles. The summed E-state index contributed by atoms with van der Waals surface area (Å²) in [6.07, 6.45) is 0.474. The van der Waals surface area contributed by atoms with Crippen molar-refractivity contribution in [2.75, 3.05) is 19.6 Å². The van der Waals surface area contributed by atoms with Gasteiger partial charge in [0.15, 0.2) is 0 Å². The second kappa shape index (κ2) is 7.46. The van der Waals surface area contributed by atoms with Crippen molar-refractivity contribution >= 4 is 0 Å². The molecule has 0 amide bonds. The molecule has 0 aromatic heterocycles. The van der Waals surface area contributed by atoms with E-state index in [0.717, 1.165) is 31.6 Å². The highest BCUT2D eigenvalue weighted by Gasteiger charge is 2.10. The van der Waals surface area contributed by atoms with Gasteiger partial charge in [-0.25, -0.2) is 0 Å². The predicted molar refractivity (Wildman–Crippen MR) is 73.0 cm³/mol. The second-order valence-corrected chi connectivity index (χ2v) is 5.00. The van der Waals surface area contributed by atoms with Crippen molar-refractivity contribution in [1.82, 2.24) is 4.90 Å². The van der Waals surface area contributed by atoms with E-state index in [0.29, 0.717) is 5.92 Å². The maximum absolute atomic E-state index is 10.1. The lowest BCUT2D eigenvalue weighted by molar-refractivity contribution is 0.139. The molecular weight excluding hydrogens is 210 g/mol. The van der Waals surface area contributed by atoms with E-state index in [2.05, 4.69) is 25.7 Å². The van der Waals surface area contributed by atoms with Crippen LogP contribution in [0, 0.1) is 5.92 Å². The van der Waals surface area contributed by atoms with Crippen LogP contribution in [0.1, 0.15) is 38.9 Å². The zero-order chi connectivity index (χ0) is 12.7. The molecule has 0 radical (unpaired) electrons. The molecule has 2 nitrogen and oxygen atoms in total. The molecule has 2 heteroatoms. The molecule has 0 spiro atoms. The van der Waals surface area contributed by atoms with Crippen LogP contribution >= 0.6 is 0 Å². The van der Waals surface area contributed by atoms with Gasteiger partial charge in [-0.3, -0.25) is 0 Å². The fraction of sp³-hybridized carbons (Fsp3) is 0.600. The molecule has 1 rings (SSSR count). The average molecular weight is 235 g/mol. The molecule has 0 bridgehead atoms. The first-order chi connectivity index (χ1) is 8.13. The fourth-order valence-electron chi connectivity index (χ4n) is 2.04. The van der Waals surface area contributed by atoms with Gasteiger partial charge in [-0.1, -0.05) is 51.1 Å². The van der Waals surface area contributed by atoms with Crippen molar-refractivity contribution in [2.45, 2.75) is 33.3 Å². The van der Waals surface area contributed by atoms with Crippen LogP contribution in [0.5, 0.6) is 0 Å². The van der Waals surface area contributed by atoms with Crippen molar-refractivity contribution in [1.29, 1.82) is 0 Å². The molecular formula is C15H25NO. The van der Waals surface area contributed by atoms with E-state index in [1.807, 2.05) is 30.3 Å². The Balaban J connectivity index is 2.39. The summed E-state index contributed by atoms with van der Waals surface area (Å²) in [4.78, 5) is 2.40. The summed E-state index contributed by atoms with van der Waals surface area (Å²) in [7, 11) is 0. The Kier molecular flexibility index (Phi) is 6.23. The third kappa shape index (κ3) is 5.33. The molecule has 17 heavy (non-hydrogen) atoms. The second-order valence-electron chi connectivity index (χ2n) is 5.00. The number of benzene rings is 1. The monoisotopic (exact) mass is 235 g/mol. The average Bonchev–Trinajstić information content (AvgIpc) is 2.34. The van der Waals surface area contributed by atoms with Crippen LogP contribution in [-0.4, -0.2) is 29.6 Å². The molecule has 0 aliphatic carbocycles. The maximum atomic E-state index is 10.1. The molecule has 1 atom stereocenters. The lowest BCUT2D eigenvalue weighted by atomic mass is 10.1. The van der Waals surface area contributed by atoms with Crippen LogP contribution in [0.15, 0.2) is 30.3 Å². The van der Waals surface area contributed by atoms with Crippen LogP contribution in [0.3, 0.4) is 0 Å². The van der Waals surface area contributed by atoms with E-state index in [4.69, 9.17) is 0 Å². The van der Waals surface area contributed by atoms with Crippen LogP contribution in [-0.2, 0) is 0 Å². The van der Waals surface area contributed by atoms with Gasteiger partial charge in [0.2, 0.25) is 0 Å². The summed E-state index contributed by atoms with van der Waals surface area (Å²) in [5.41, 5.74) is 1.02. The minimum atomic E-state index is -0.336. The normalized spacial score (nSPS) is 13.3. The smallest absolute Gasteiger partial charge is 0.0802 e. The first-order valence-corrected chi connectivity index (χ1v) is 6.58. The number of hydrogen-bond donors (Lipinski definition) is 1. The van der Waals surface area contributed by atoms with E-state index >= 15 is 0 Å². The Morgan fingerprint density at radius 3 is 2.35 bits per heavy atom. The van der Waals surface area contributed by atoms with E-state index < -0.39 is 0 Å². The highest BCUT2D eigenvalue weighted by molar-refractivity contribution is 5.17. The van der Waals surface area contributed by atoms with E-state index in [9.17, 15) is 5.11 Å². The molecule has 0 fully saturated rings. The van der Waals surface area contributed by atoms with Gasteiger partial charge in [-0.15, -0.1) is 0 Å². The largest absolute Gasteiger partial charge is 0.388 e. The van der Waals surface area contributed by atoms with Crippen molar-refractivity contribution in [3.63, 3.8) is 0 Å². The first-order valence-electron chi connectivity index (χ1n) is 6.58. The Morgan fingerprint density at radius 2 is 1.82 bits per heavy atom. The summed E-state index contributed by atoms with van der Waals surface area (Å²) in [6, 6.07) is 9.91. The van der Waals surface area contributed by atoms with Gasteiger partial charge in [0.05, 0.1) is 6.10 Å². The Labute approximate surface area is 105 Å². The van der Waals surface area contributed by atoms with Gasteiger partial charge in [0.25, 0.3) is 0 Å². The topological polar surface area (TPSA) is 23.5 Å². The molecule has 1 unspecified atom stereocenters. The van der Waals surface area contributed by atoms with Crippen LogP contribution in [0.25, 0.3) is 0 Å². The van der Waals surface area contributed by atoms with Gasteiger partial charge in [0.1, 0.15) is 0 Å². The maximum Gasteiger partial charge on any atom is 0.0802 e. The molecule has 0 aliphatic rings. The summed E-state index contributed by atoms with van der Waals surface area (Å²) in [5.74, 6) is 0.684. The zero-order valence-electron chi connectivity index (χ0n) is 11.3. The summed E-state index contributed by atoms with van der Waals surface area (Å²) in [6.45, 7) is 9.77. The lowest BCUT2D eigenvalue weighted by Gasteiger charge is -2.23. The Morgan fingerprint density at radius 1 is 1.18 bits per heavy atom. The van der Waals surface area contributed by atoms with Gasteiger partial charge < -0.3 is 10.0 Å². The first kappa shape index (κ1) is 14.2. The van der Waals surface area contributed by atoms with Crippen molar-refractivity contribution in [3.8, 4) is 0 Å². The standard InChI is InChI=1S/C15H25NO/c1-4-16(12-13(2)3)11-10-15(17)14-8-6-5-7-9-14/h5-9,13,15,17H,4,10-12H2,1-3H3. The van der Waals surface area contributed by atoms with E-state index in [1.54, 1.807) is 0 Å². The van der Waals surface area contributed by atoms with Crippen LogP contribution in [0.4, 0.5) is 0 Å². The zero-order valence-corrected chi connectivity index (χ0v) is 11.3. The number of hydrogen-bond acceptors (Lipinski definition) is 2. The van der Waals surface area contributed by atoms with Gasteiger partial charge in [0, 0.05) is 13.1 Å². The Hall–Kier alpha value is -0.860. The third-order valence-corrected chi connectivity index (χ3v) is 2.97. The predicted octanol–water partition coefficient (Wildman–Crippen LogP) is 3.09. The third-order valence-electron chi connectivity index (χ3n) is 2.97. The molecule has 0 saturated heterocycles. The van der Waals surface area contributed by atoms with Crippen LogP contribution < -0.4 is 0 Å². The fourth-order valence-corrected chi connectivity index (χ4v) is 2.04.